The molecule has 0 spiro atoms. The molecule has 2 atom stereocenters. The van der Waals surface area contributed by atoms with Crippen LogP contribution in [0.4, 0.5) is 5.69 Å². The lowest BCUT2D eigenvalue weighted by molar-refractivity contribution is -0.117. The van der Waals surface area contributed by atoms with Gasteiger partial charge in [0.2, 0.25) is 5.91 Å². The van der Waals surface area contributed by atoms with Crippen LogP contribution in [0.1, 0.15) is 50.5 Å². The summed E-state index contributed by atoms with van der Waals surface area (Å²) < 4.78 is 5.40. The van der Waals surface area contributed by atoms with E-state index in [0.717, 1.165) is 75.1 Å². The predicted molar refractivity (Wildman–Crippen MR) is 147 cm³/mol. The molecule has 4 radical (unpaired) electrons. The first-order valence-electron chi connectivity index (χ1n) is 13.2. The van der Waals surface area contributed by atoms with Crippen LogP contribution in [0, 0.1) is 23.7 Å². The van der Waals surface area contributed by atoms with Crippen LogP contribution in [0.15, 0.2) is 42.2 Å². The number of nitrogens with zero attached hydrogens (tertiary/aromatic N) is 1. The van der Waals surface area contributed by atoms with Crippen LogP contribution in [0.3, 0.4) is 0 Å². The van der Waals surface area contributed by atoms with Crippen molar-refractivity contribution < 1.29 is 9.53 Å². The van der Waals surface area contributed by atoms with Crippen molar-refractivity contribution in [2.75, 3.05) is 31.6 Å². The first-order valence-corrected chi connectivity index (χ1v) is 13.2. The number of rotatable bonds is 6. The Labute approximate surface area is 218 Å². The third-order valence-electron chi connectivity index (χ3n) is 8.02. The van der Waals surface area contributed by atoms with E-state index in [1.165, 1.54) is 25.3 Å². The lowest BCUT2D eigenvalue weighted by Crippen LogP contribution is -2.55. The summed E-state index contributed by atoms with van der Waals surface area (Å²) >= 11 is 0. The van der Waals surface area contributed by atoms with Crippen LogP contribution >= 0.6 is 0 Å². The summed E-state index contributed by atoms with van der Waals surface area (Å²) in [6, 6.07) is 7.37. The normalized spacial score (nSPS) is 24.9. The summed E-state index contributed by atoms with van der Waals surface area (Å²) in [5.74, 6) is 2.57. The van der Waals surface area contributed by atoms with Gasteiger partial charge in [0.25, 0.3) is 0 Å². The highest BCUT2D eigenvalue weighted by atomic mass is 16.5. The smallest absolute Gasteiger partial charge is 0.227 e. The van der Waals surface area contributed by atoms with E-state index in [2.05, 4.69) is 10.2 Å². The number of amides is 1. The van der Waals surface area contributed by atoms with Crippen molar-refractivity contribution >= 4 is 33.0 Å². The molecule has 2 saturated carbocycles. The Balaban J connectivity index is 0.000000170. The number of anilines is 1. The number of carbonyl (C=O) groups excluding carboxylic acids is 1. The third-order valence-corrected chi connectivity index (χ3v) is 8.02. The van der Waals surface area contributed by atoms with Gasteiger partial charge >= 0.3 is 0 Å². The molecule has 1 amide bonds. The Kier molecular flexibility index (Phi) is 8.73. The lowest BCUT2D eigenvalue weighted by atomic mass is 9.52. The van der Waals surface area contributed by atoms with Gasteiger partial charge < -0.3 is 32.2 Å². The average Bonchev–Trinajstić information content (AvgIpc) is 3.50. The number of fused-ring (bicyclic) bond motifs is 1. The molecule has 4 aliphatic rings. The van der Waals surface area contributed by atoms with E-state index in [1.54, 1.807) is 6.08 Å². The summed E-state index contributed by atoms with van der Waals surface area (Å²) in [4.78, 5) is 14.0. The average molecular weight is 487 g/mol. The molecular formula is C27H39B2N5O2. The van der Waals surface area contributed by atoms with Crippen molar-refractivity contribution in [2.45, 2.75) is 50.3 Å². The molecular weight excluding hydrogens is 448 g/mol. The zero-order chi connectivity index (χ0) is 25.7. The molecule has 1 aromatic carbocycles. The van der Waals surface area contributed by atoms with Gasteiger partial charge in [-0.15, -0.1) is 0 Å². The Hall–Kier alpha value is -2.38. The maximum Gasteiger partial charge on any atom is 0.227 e. The molecule has 36 heavy (non-hydrogen) atoms. The molecule has 2 heterocycles. The van der Waals surface area contributed by atoms with Crippen molar-refractivity contribution in [1.29, 1.82) is 0 Å². The van der Waals surface area contributed by atoms with Gasteiger partial charge in [-0.25, -0.2) is 0 Å². The number of carbonyl (C=O) groups is 1. The molecule has 0 bridgehead atoms. The van der Waals surface area contributed by atoms with E-state index in [4.69, 9.17) is 37.6 Å². The minimum absolute atomic E-state index is 0.0748. The second kappa shape index (κ2) is 11.8. The Morgan fingerprint density at radius 1 is 1.00 bits per heavy atom. The van der Waals surface area contributed by atoms with Gasteiger partial charge in [0, 0.05) is 43.6 Å². The lowest BCUT2D eigenvalue weighted by Gasteiger charge is -2.45. The molecule has 2 aliphatic carbocycles. The molecule has 1 aromatic rings. The molecule has 5 rings (SSSR count). The third kappa shape index (κ3) is 6.88. The number of allylic oxidation sites excluding steroid dienone is 2. The Morgan fingerprint density at radius 2 is 1.67 bits per heavy atom. The number of hydrogen-bond acceptors (Lipinski definition) is 6. The summed E-state index contributed by atoms with van der Waals surface area (Å²) in [6.07, 6.45) is 11.3. The van der Waals surface area contributed by atoms with E-state index in [0.29, 0.717) is 11.6 Å². The van der Waals surface area contributed by atoms with E-state index in [-0.39, 0.29) is 17.6 Å². The fraction of sp³-hybridized carbons (Fsp3) is 0.593. The van der Waals surface area contributed by atoms with Crippen LogP contribution < -0.4 is 22.5 Å². The van der Waals surface area contributed by atoms with Crippen molar-refractivity contribution in [2.24, 2.45) is 40.9 Å². The molecule has 4 fully saturated rings. The molecule has 9 heteroatoms. The van der Waals surface area contributed by atoms with Gasteiger partial charge in [-0.3, -0.25) is 4.79 Å². The minimum atomic E-state index is -0.603. The highest BCUT2D eigenvalue weighted by Crippen LogP contribution is 2.41. The van der Waals surface area contributed by atoms with Crippen molar-refractivity contribution in [1.82, 2.24) is 4.90 Å². The standard InChI is InChI=1S/C14H18N4O.C13H21B2NO/c15-12(6-7-13(16)17)10-2-1-3-11(8-10)18-14(19)9-4-5-9;14-13(15,12-4-6-17-7-5-12)16-8-10-2-1-3-11(10)9-16/h1-3,6-9H,4-5,15-17H2,(H,18,19);10-12H,1-9H2/b12-6-;. The van der Waals surface area contributed by atoms with Crippen molar-refractivity contribution in [3.8, 4) is 0 Å². The van der Waals surface area contributed by atoms with Gasteiger partial charge in [0.05, 0.1) is 21.5 Å². The summed E-state index contributed by atoms with van der Waals surface area (Å²) in [6.45, 7) is 3.88. The largest absolute Gasteiger partial charge is 0.398 e. The Morgan fingerprint density at radius 3 is 2.28 bits per heavy atom. The number of nitrogens with one attached hydrogen (secondary N) is 1. The van der Waals surface area contributed by atoms with E-state index >= 15 is 0 Å². The van der Waals surface area contributed by atoms with E-state index in [9.17, 15) is 4.79 Å². The van der Waals surface area contributed by atoms with Gasteiger partial charge in [0.1, 0.15) is 0 Å². The van der Waals surface area contributed by atoms with Crippen LogP contribution in [0.2, 0.25) is 0 Å². The number of ether oxygens (including phenoxy) is 1. The highest BCUT2D eigenvalue weighted by molar-refractivity contribution is 6.40. The zero-order valence-electron chi connectivity index (χ0n) is 21.2. The maximum absolute atomic E-state index is 11.7. The summed E-state index contributed by atoms with van der Waals surface area (Å²) in [5.41, 5.74) is 18.7. The van der Waals surface area contributed by atoms with Gasteiger partial charge in [-0.05, 0) is 86.1 Å². The fourth-order valence-electron chi connectivity index (χ4n) is 5.62. The predicted octanol–water partition coefficient (Wildman–Crippen LogP) is 2.23. The molecule has 190 valence electrons. The van der Waals surface area contributed by atoms with E-state index < -0.39 is 5.34 Å². The maximum atomic E-state index is 11.7. The van der Waals surface area contributed by atoms with Gasteiger partial charge in [-0.1, -0.05) is 23.9 Å². The van der Waals surface area contributed by atoms with Crippen molar-refractivity contribution in [3.05, 3.63) is 47.8 Å². The molecule has 2 saturated heterocycles. The molecule has 7 nitrogen and oxygen atoms in total. The molecule has 2 unspecified atom stereocenters. The summed E-state index contributed by atoms with van der Waals surface area (Å²) in [7, 11) is 12.9. The van der Waals surface area contributed by atoms with Crippen LogP contribution in [-0.4, -0.2) is 58.1 Å². The quantitative estimate of drug-likeness (QED) is 0.361. The first kappa shape index (κ1) is 26.7. The van der Waals surface area contributed by atoms with Crippen LogP contribution in [0.5, 0.6) is 0 Å². The number of benzene rings is 1. The van der Waals surface area contributed by atoms with Gasteiger partial charge in [0.15, 0.2) is 0 Å². The number of likely N-dealkylation sites (tertiary alicyclic amines) is 1. The Bertz CT molecular complexity index is 957. The van der Waals surface area contributed by atoms with Crippen molar-refractivity contribution in [3.63, 3.8) is 0 Å². The topological polar surface area (TPSA) is 120 Å². The second-order valence-electron chi connectivity index (χ2n) is 10.8. The SMILES string of the molecule is NC(N)=C/C=C(\N)c1cccc(NC(=O)C2CC2)c1.[B]C([B])(C1CCOCC1)N1CC2CCCC2C1. The molecule has 2 aliphatic heterocycles. The molecule has 0 aromatic heterocycles. The number of hydrogen-bond donors (Lipinski definition) is 4. The highest BCUT2D eigenvalue weighted by Gasteiger charge is 2.43. The fourth-order valence-corrected chi connectivity index (χ4v) is 5.62. The monoisotopic (exact) mass is 487 g/mol. The van der Waals surface area contributed by atoms with Crippen LogP contribution in [0.25, 0.3) is 5.70 Å². The first-order chi connectivity index (χ1) is 17.2. The van der Waals surface area contributed by atoms with Gasteiger partial charge in [-0.2, -0.15) is 0 Å². The number of nitrogens with two attached hydrogens (primary N) is 3. The van der Waals surface area contributed by atoms with E-state index in [1.807, 2.05) is 24.3 Å². The second-order valence-corrected chi connectivity index (χ2v) is 10.8. The van der Waals surface area contributed by atoms with Crippen LogP contribution in [-0.2, 0) is 9.53 Å². The zero-order valence-corrected chi connectivity index (χ0v) is 21.2. The summed E-state index contributed by atoms with van der Waals surface area (Å²) in [5, 5.41) is 2.27. The minimum Gasteiger partial charge on any atom is -0.398 e. The molecule has 7 N–H and O–H groups in total.